The molecule has 2 nitrogen and oxygen atoms in total. The second kappa shape index (κ2) is 6.93. The lowest BCUT2D eigenvalue weighted by atomic mass is 10.0. The van der Waals surface area contributed by atoms with Crippen LogP contribution in [0.1, 0.15) is 43.1 Å². The highest BCUT2D eigenvalue weighted by Crippen LogP contribution is 2.04. The molecule has 0 aliphatic heterocycles. The van der Waals surface area contributed by atoms with Gasteiger partial charge in [-0.05, 0) is 49.3 Å². The first-order valence-electron chi connectivity index (χ1n) is 6.61. The highest BCUT2D eigenvalue weighted by molar-refractivity contribution is 5.91. The van der Waals surface area contributed by atoms with Crippen LogP contribution >= 0.6 is 0 Å². The normalized spacial score (nSPS) is 12.6. The van der Waals surface area contributed by atoms with Gasteiger partial charge in [0.2, 0.25) is 0 Å². The van der Waals surface area contributed by atoms with Crippen molar-refractivity contribution in [3.63, 3.8) is 0 Å². The summed E-state index contributed by atoms with van der Waals surface area (Å²) in [4.78, 5) is 12.0. The van der Waals surface area contributed by atoms with E-state index < -0.39 is 0 Å². The molecule has 0 spiro atoms. The maximum Gasteiger partial charge on any atom is 0.338 e. The van der Waals surface area contributed by atoms with Crippen LogP contribution in [0, 0.1) is 6.92 Å². The van der Waals surface area contributed by atoms with Crippen LogP contribution < -0.4 is 10.4 Å². The molecule has 0 saturated heterocycles. The first-order valence-corrected chi connectivity index (χ1v) is 6.61. The van der Waals surface area contributed by atoms with E-state index in [4.69, 9.17) is 4.74 Å². The minimum absolute atomic E-state index is 0.252. The fourth-order valence-corrected chi connectivity index (χ4v) is 1.93. The summed E-state index contributed by atoms with van der Waals surface area (Å²) >= 11 is 0. The summed E-state index contributed by atoms with van der Waals surface area (Å²) in [6.07, 6.45) is 4.86. The maximum atomic E-state index is 12.0. The molecule has 1 aromatic rings. The van der Waals surface area contributed by atoms with Gasteiger partial charge in [-0.25, -0.2) is 4.79 Å². The molecule has 0 bridgehead atoms. The minimum Gasteiger partial charge on any atom is -0.462 e. The van der Waals surface area contributed by atoms with Gasteiger partial charge in [0.05, 0.1) is 12.2 Å². The molecule has 0 N–H and O–H groups in total. The topological polar surface area (TPSA) is 26.3 Å². The summed E-state index contributed by atoms with van der Waals surface area (Å²) in [5.74, 6) is -0.252. The van der Waals surface area contributed by atoms with E-state index >= 15 is 0 Å². The Kier molecular flexibility index (Phi) is 5.56. The van der Waals surface area contributed by atoms with Crippen molar-refractivity contribution < 1.29 is 9.53 Å². The highest BCUT2D eigenvalue weighted by Gasteiger charge is 2.10. The number of allylic oxidation sites excluding steroid dienone is 1. The Morgan fingerprint density at radius 2 is 2.11 bits per heavy atom. The molecular weight excluding hydrogens is 236 g/mol. The summed E-state index contributed by atoms with van der Waals surface area (Å²) in [5.41, 5.74) is 2.54. The molecule has 0 unspecified atom stereocenters. The van der Waals surface area contributed by atoms with E-state index in [9.17, 15) is 4.79 Å². The van der Waals surface area contributed by atoms with Gasteiger partial charge in [0.25, 0.3) is 0 Å². The smallest absolute Gasteiger partial charge is 0.338 e. The van der Waals surface area contributed by atoms with Crippen LogP contribution in [0.3, 0.4) is 0 Å². The van der Waals surface area contributed by atoms with Crippen molar-refractivity contribution in [3.05, 3.63) is 45.8 Å². The Labute approximate surface area is 115 Å². The molecule has 1 rings (SSSR count). The van der Waals surface area contributed by atoms with Crippen LogP contribution in [0.15, 0.2) is 24.3 Å². The second-order valence-corrected chi connectivity index (χ2v) is 4.66. The average Bonchev–Trinajstić information content (AvgIpc) is 2.37. The fourth-order valence-electron chi connectivity index (χ4n) is 1.93. The van der Waals surface area contributed by atoms with Gasteiger partial charge in [0, 0.05) is 0 Å². The standard InChI is InChI=1S/C17H22O2/c1-6-10-19-17(18)15-9-8-14(7-2)16(13(15)5)11-12(3)4/h7-9,11H,3,6,10H2,1-2,4-5H3. The molecule has 19 heavy (non-hydrogen) atoms. The largest absolute Gasteiger partial charge is 0.462 e. The predicted octanol–water partition coefficient (Wildman–Crippen LogP) is 2.72. The SMILES string of the molecule is C=C(C)C=c1c(C)c(C(=O)OCCC)ccc1=CC. The number of rotatable bonds is 4. The van der Waals surface area contributed by atoms with Crippen molar-refractivity contribution in [3.8, 4) is 0 Å². The van der Waals surface area contributed by atoms with Crippen LogP contribution in [-0.4, -0.2) is 12.6 Å². The Balaban J connectivity index is 3.40. The van der Waals surface area contributed by atoms with E-state index in [0.29, 0.717) is 12.2 Å². The number of ether oxygens (including phenoxy) is 1. The Morgan fingerprint density at radius 1 is 1.42 bits per heavy atom. The molecule has 102 valence electrons. The van der Waals surface area contributed by atoms with Crippen LogP contribution in [-0.2, 0) is 4.74 Å². The lowest BCUT2D eigenvalue weighted by Crippen LogP contribution is -2.29. The molecule has 0 radical (unpaired) electrons. The molecule has 0 aliphatic carbocycles. The van der Waals surface area contributed by atoms with E-state index in [0.717, 1.165) is 28.0 Å². The van der Waals surface area contributed by atoms with E-state index in [1.54, 1.807) is 0 Å². The highest BCUT2D eigenvalue weighted by atomic mass is 16.5. The lowest BCUT2D eigenvalue weighted by molar-refractivity contribution is 0.0504. The van der Waals surface area contributed by atoms with Crippen LogP contribution in [0.25, 0.3) is 12.2 Å². The predicted molar refractivity (Wildman–Crippen MR) is 80.4 cm³/mol. The van der Waals surface area contributed by atoms with E-state index in [1.807, 2.05) is 52.0 Å². The molecular formula is C17H22O2. The molecule has 0 aliphatic rings. The van der Waals surface area contributed by atoms with Crippen LogP contribution in [0.5, 0.6) is 0 Å². The van der Waals surface area contributed by atoms with Crippen molar-refractivity contribution in [2.75, 3.05) is 6.61 Å². The third-order valence-corrected chi connectivity index (χ3v) is 2.91. The van der Waals surface area contributed by atoms with E-state index in [-0.39, 0.29) is 5.97 Å². The molecule has 0 heterocycles. The van der Waals surface area contributed by atoms with E-state index in [1.165, 1.54) is 0 Å². The number of hydrogen-bond donors (Lipinski definition) is 0. The average molecular weight is 258 g/mol. The van der Waals surface area contributed by atoms with Gasteiger partial charge in [-0.2, -0.15) is 0 Å². The van der Waals surface area contributed by atoms with Gasteiger partial charge >= 0.3 is 5.97 Å². The first kappa shape index (κ1) is 15.2. The number of esters is 1. The molecule has 0 aromatic heterocycles. The zero-order valence-electron chi connectivity index (χ0n) is 12.2. The van der Waals surface area contributed by atoms with Gasteiger partial charge in [-0.15, -0.1) is 0 Å². The van der Waals surface area contributed by atoms with Crippen LogP contribution in [0.4, 0.5) is 0 Å². The summed E-state index contributed by atoms with van der Waals surface area (Å²) in [6.45, 7) is 12.2. The van der Waals surface area contributed by atoms with Gasteiger partial charge < -0.3 is 4.74 Å². The summed E-state index contributed by atoms with van der Waals surface area (Å²) in [7, 11) is 0. The first-order chi connectivity index (χ1) is 9.01. The fraction of sp³-hybridized carbons (Fsp3) is 0.353. The van der Waals surface area contributed by atoms with Crippen molar-refractivity contribution >= 4 is 18.1 Å². The van der Waals surface area contributed by atoms with Crippen molar-refractivity contribution in [2.45, 2.75) is 34.1 Å². The summed E-state index contributed by atoms with van der Waals surface area (Å²) in [6, 6.07) is 3.78. The van der Waals surface area contributed by atoms with Crippen molar-refractivity contribution in [1.29, 1.82) is 0 Å². The molecule has 0 amide bonds. The zero-order chi connectivity index (χ0) is 14.4. The number of benzene rings is 1. The van der Waals surface area contributed by atoms with Gasteiger partial charge in [0.1, 0.15) is 0 Å². The Bertz CT molecular complexity index is 594. The Morgan fingerprint density at radius 3 is 2.63 bits per heavy atom. The third-order valence-electron chi connectivity index (χ3n) is 2.91. The number of carbonyl (C=O) groups excluding carboxylic acids is 1. The van der Waals surface area contributed by atoms with E-state index in [2.05, 4.69) is 6.58 Å². The molecule has 2 heteroatoms. The summed E-state index contributed by atoms with van der Waals surface area (Å²) < 4.78 is 5.21. The quantitative estimate of drug-likeness (QED) is 0.776. The van der Waals surface area contributed by atoms with Crippen molar-refractivity contribution in [1.82, 2.24) is 0 Å². The minimum atomic E-state index is -0.252. The van der Waals surface area contributed by atoms with Crippen molar-refractivity contribution in [2.24, 2.45) is 0 Å². The molecule has 0 atom stereocenters. The zero-order valence-corrected chi connectivity index (χ0v) is 12.2. The third kappa shape index (κ3) is 3.82. The number of carbonyl (C=O) groups is 1. The van der Waals surface area contributed by atoms with Gasteiger partial charge in [-0.3, -0.25) is 0 Å². The number of hydrogen-bond acceptors (Lipinski definition) is 2. The maximum absolute atomic E-state index is 12.0. The summed E-state index contributed by atoms with van der Waals surface area (Å²) in [5, 5.41) is 2.15. The van der Waals surface area contributed by atoms with Gasteiger partial charge in [-0.1, -0.05) is 37.3 Å². The second-order valence-electron chi connectivity index (χ2n) is 4.66. The lowest BCUT2D eigenvalue weighted by Gasteiger charge is -2.07. The monoisotopic (exact) mass is 258 g/mol. The van der Waals surface area contributed by atoms with Gasteiger partial charge in [0.15, 0.2) is 0 Å². The molecule has 0 saturated carbocycles. The van der Waals surface area contributed by atoms with Crippen LogP contribution in [0.2, 0.25) is 0 Å². The molecule has 0 fully saturated rings. The molecule has 1 aromatic carbocycles. The Hall–Kier alpha value is -1.83.